The molecule has 0 radical (unpaired) electrons. The summed E-state index contributed by atoms with van der Waals surface area (Å²) in [4.78, 5) is 35.1. The number of rotatable bonds is 9. The van der Waals surface area contributed by atoms with Crippen LogP contribution in [0.3, 0.4) is 0 Å². The van der Waals surface area contributed by atoms with Crippen LogP contribution in [0.4, 0.5) is 11.4 Å². The van der Waals surface area contributed by atoms with E-state index in [0.29, 0.717) is 24.3 Å². The maximum atomic E-state index is 13.5. The monoisotopic (exact) mass is 453 g/mol. The first kappa shape index (κ1) is 23.1. The number of carbonyl (C=O) groups excluding carboxylic acids is 1. The number of anilines is 1. The van der Waals surface area contributed by atoms with Gasteiger partial charge in [-0.3, -0.25) is 24.8 Å². The zero-order valence-corrected chi connectivity index (χ0v) is 18.9. The van der Waals surface area contributed by atoms with Gasteiger partial charge in [-0.15, -0.1) is 0 Å². The summed E-state index contributed by atoms with van der Waals surface area (Å²) < 4.78 is 5.41. The summed E-state index contributed by atoms with van der Waals surface area (Å²) in [7, 11) is 0. The second kappa shape index (κ2) is 11.2. The van der Waals surface area contributed by atoms with Crippen molar-refractivity contribution in [3.8, 4) is 0 Å². The first-order chi connectivity index (χ1) is 16.1. The van der Waals surface area contributed by atoms with Gasteiger partial charge in [-0.2, -0.15) is 0 Å². The maximum absolute atomic E-state index is 13.5. The van der Waals surface area contributed by atoms with E-state index in [4.69, 9.17) is 4.74 Å². The predicted octanol–water partition coefficient (Wildman–Crippen LogP) is 2.95. The van der Waals surface area contributed by atoms with Gasteiger partial charge in [0.25, 0.3) is 11.6 Å². The summed E-state index contributed by atoms with van der Waals surface area (Å²) in [6.07, 6.45) is 6.30. The van der Waals surface area contributed by atoms with E-state index in [1.54, 1.807) is 29.4 Å². The Labute approximate surface area is 194 Å². The fraction of sp³-hybridized carbons (Fsp3) is 0.500. The van der Waals surface area contributed by atoms with Crippen molar-refractivity contribution in [3.63, 3.8) is 0 Å². The van der Waals surface area contributed by atoms with E-state index in [0.717, 1.165) is 70.8 Å². The number of morpholine rings is 1. The van der Waals surface area contributed by atoms with Crippen molar-refractivity contribution < 1.29 is 14.5 Å². The van der Waals surface area contributed by atoms with Crippen LogP contribution in [-0.4, -0.2) is 78.1 Å². The van der Waals surface area contributed by atoms with Gasteiger partial charge in [-0.1, -0.05) is 0 Å². The van der Waals surface area contributed by atoms with Gasteiger partial charge in [-0.25, -0.2) is 0 Å². The Hall–Kier alpha value is -3.04. The van der Waals surface area contributed by atoms with Crippen molar-refractivity contribution >= 4 is 17.3 Å². The Morgan fingerprint density at radius 1 is 1.09 bits per heavy atom. The number of benzene rings is 1. The summed E-state index contributed by atoms with van der Waals surface area (Å²) in [5.74, 6) is -0.190. The zero-order chi connectivity index (χ0) is 23.0. The third-order valence-electron chi connectivity index (χ3n) is 6.28. The molecule has 9 nitrogen and oxygen atoms in total. The van der Waals surface area contributed by atoms with Crippen molar-refractivity contribution in [1.29, 1.82) is 0 Å². The van der Waals surface area contributed by atoms with E-state index in [1.165, 1.54) is 6.07 Å². The molecular weight excluding hydrogens is 422 g/mol. The molecule has 2 saturated heterocycles. The number of hydrogen-bond donors (Lipinski definition) is 0. The van der Waals surface area contributed by atoms with Gasteiger partial charge in [0.05, 0.1) is 18.1 Å². The Morgan fingerprint density at radius 2 is 1.82 bits per heavy atom. The molecule has 0 spiro atoms. The molecule has 1 aromatic heterocycles. The second-order valence-electron chi connectivity index (χ2n) is 8.54. The van der Waals surface area contributed by atoms with Gasteiger partial charge < -0.3 is 14.5 Å². The van der Waals surface area contributed by atoms with Gasteiger partial charge in [0.15, 0.2) is 0 Å². The highest BCUT2D eigenvalue weighted by Gasteiger charge is 2.25. The van der Waals surface area contributed by atoms with Crippen molar-refractivity contribution in [2.75, 3.05) is 57.4 Å². The number of ether oxygens (including phenoxy) is 1. The number of hydrogen-bond acceptors (Lipinski definition) is 7. The normalized spacial score (nSPS) is 16.7. The molecule has 3 heterocycles. The lowest BCUT2D eigenvalue weighted by Gasteiger charge is -2.28. The quantitative estimate of drug-likeness (QED) is 0.426. The van der Waals surface area contributed by atoms with E-state index in [-0.39, 0.29) is 16.5 Å². The Balaban J connectivity index is 1.51. The van der Waals surface area contributed by atoms with E-state index in [2.05, 4.69) is 9.88 Å². The van der Waals surface area contributed by atoms with Crippen LogP contribution in [0.15, 0.2) is 42.7 Å². The molecule has 1 amide bonds. The number of nitrogens with zero attached hydrogens (tertiary/aromatic N) is 5. The summed E-state index contributed by atoms with van der Waals surface area (Å²) in [6, 6.07) is 8.68. The molecule has 2 aliphatic rings. The van der Waals surface area contributed by atoms with Crippen LogP contribution in [0.1, 0.15) is 35.2 Å². The van der Waals surface area contributed by atoms with Gasteiger partial charge in [0, 0.05) is 69.8 Å². The first-order valence-electron chi connectivity index (χ1n) is 11.6. The third-order valence-corrected chi connectivity index (χ3v) is 6.28. The minimum atomic E-state index is -0.379. The minimum absolute atomic E-state index is 0.0000668. The number of pyridine rings is 1. The van der Waals surface area contributed by atoms with Gasteiger partial charge in [0.2, 0.25) is 0 Å². The van der Waals surface area contributed by atoms with Gasteiger partial charge in [0.1, 0.15) is 5.69 Å². The van der Waals surface area contributed by atoms with E-state index >= 15 is 0 Å². The van der Waals surface area contributed by atoms with Gasteiger partial charge >= 0.3 is 0 Å². The highest BCUT2D eigenvalue weighted by molar-refractivity contribution is 5.95. The Morgan fingerprint density at radius 3 is 2.52 bits per heavy atom. The smallest absolute Gasteiger partial charge is 0.293 e. The van der Waals surface area contributed by atoms with Crippen molar-refractivity contribution in [3.05, 3.63) is 64.0 Å². The van der Waals surface area contributed by atoms with Crippen LogP contribution < -0.4 is 4.90 Å². The molecule has 0 saturated carbocycles. The van der Waals surface area contributed by atoms with Crippen molar-refractivity contribution in [2.24, 2.45) is 0 Å². The topological polar surface area (TPSA) is 92.0 Å². The maximum Gasteiger partial charge on any atom is 0.293 e. The van der Waals surface area contributed by atoms with Crippen molar-refractivity contribution in [1.82, 2.24) is 14.8 Å². The van der Waals surface area contributed by atoms with Crippen molar-refractivity contribution in [2.45, 2.75) is 25.8 Å². The lowest BCUT2D eigenvalue weighted by molar-refractivity contribution is -0.384. The lowest BCUT2D eigenvalue weighted by Crippen LogP contribution is -2.39. The van der Waals surface area contributed by atoms with Gasteiger partial charge in [-0.05, 0) is 49.1 Å². The molecule has 0 N–H and O–H groups in total. The molecule has 2 aliphatic heterocycles. The van der Waals surface area contributed by atoms with E-state index < -0.39 is 0 Å². The fourth-order valence-electron chi connectivity index (χ4n) is 4.48. The molecule has 0 atom stereocenters. The summed E-state index contributed by atoms with van der Waals surface area (Å²) in [5.41, 5.74) is 1.93. The lowest BCUT2D eigenvalue weighted by atomic mass is 10.1. The summed E-state index contributed by atoms with van der Waals surface area (Å²) in [6.45, 7) is 6.81. The molecular formula is C24H31N5O4. The molecule has 0 bridgehead atoms. The average molecular weight is 454 g/mol. The molecule has 2 fully saturated rings. The average Bonchev–Trinajstić information content (AvgIpc) is 3.39. The van der Waals surface area contributed by atoms with Crippen LogP contribution in [-0.2, 0) is 11.3 Å². The molecule has 4 rings (SSSR count). The van der Waals surface area contributed by atoms with Crippen LogP contribution >= 0.6 is 0 Å². The van der Waals surface area contributed by atoms with Crippen LogP contribution in [0.2, 0.25) is 0 Å². The molecule has 0 unspecified atom stereocenters. The third kappa shape index (κ3) is 6.06. The van der Waals surface area contributed by atoms with Crippen LogP contribution in [0, 0.1) is 10.1 Å². The molecule has 176 valence electrons. The largest absolute Gasteiger partial charge is 0.379 e. The number of amides is 1. The standard InChI is InChI=1S/C24H31N5O4/c30-24(21-4-5-22(23(18-21)29(31)32)27-11-1-2-12-27)28(19-20-6-8-25-9-7-20)13-3-10-26-14-16-33-17-15-26/h4-9,18H,1-3,10-17,19H2. The Kier molecular flexibility index (Phi) is 7.85. The molecule has 9 heteroatoms. The number of nitro benzene ring substituents is 1. The molecule has 0 aliphatic carbocycles. The van der Waals surface area contributed by atoms with Crippen LogP contribution in [0.25, 0.3) is 0 Å². The molecule has 2 aromatic rings. The number of nitro groups is 1. The number of carbonyl (C=O) groups is 1. The molecule has 1 aromatic carbocycles. The zero-order valence-electron chi connectivity index (χ0n) is 18.9. The second-order valence-corrected chi connectivity index (χ2v) is 8.54. The summed E-state index contributed by atoms with van der Waals surface area (Å²) >= 11 is 0. The Bertz CT molecular complexity index is 943. The highest BCUT2D eigenvalue weighted by atomic mass is 16.6. The molecule has 33 heavy (non-hydrogen) atoms. The SMILES string of the molecule is O=C(c1ccc(N2CCCC2)c([N+](=O)[O-])c1)N(CCCN1CCOCC1)Cc1ccncc1. The number of aromatic nitrogens is 1. The highest BCUT2D eigenvalue weighted by Crippen LogP contribution is 2.32. The van der Waals surface area contributed by atoms with Crippen LogP contribution in [0.5, 0.6) is 0 Å². The van der Waals surface area contributed by atoms with E-state index in [9.17, 15) is 14.9 Å². The predicted molar refractivity (Wildman–Crippen MR) is 125 cm³/mol. The first-order valence-corrected chi connectivity index (χ1v) is 11.6. The van der Waals surface area contributed by atoms with E-state index in [1.807, 2.05) is 17.0 Å². The minimum Gasteiger partial charge on any atom is -0.379 e. The summed E-state index contributed by atoms with van der Waals surface area (Å²) in [5, 5.41) is 11.8. The fourth-order valence-corrected chi connectivity index (χ4v) is 4.48.